The fourth-order valence-electron chi connectivity index (χ4n) is 1.48. The first-order valence-corrected chi connectivity index (χ1v) is 5.27. The Labute approximate surface area is 107 Å². The molecule has 0 spiro atoms. The Bertz CT molecular complexity index is 706. The average molecular weight is 259 g/mol. The quantitative estimate of drug-likeness (QED) is 0.642. The molecule has 7 nitrogen and oxygen atoms in total. The number of benzene rings is 1. The highest BCUT2D eigenvalue weighted by molar-refractivity contribution is 5.72. The van der Waals surface area contributed by atoms with E-state index in [1.54, 1.807) is 0 Å². The van der Waals surface area contributed by atoms with Gasteiger partial charge in [-0.05, 0) is 24.3 Å². The molecule has 2 aromatic rings. The first-order valence-electron chi connectivity index (χ1n) is 5.27. The number of nitro groups is 1. The molecule has 0 bridgehead atoms. The van der Waals surface area contributed by atoms with Crippen LogP contribution in [0.3, 0.4) is 0 Å². The number of rotatable bonds is 3. The van der Waals surface area contributed by atoms with Crippen LogP contribution in [0, 0.1) is 10.1 Å². The van der Waals surface area contributed by atoms with Crippen molar-refractivity contribution >= 4 is 17.8 Å². The lowest BCUT2D eigenvalue weighted by Gasteiger charge is -1.98. The Morgan fingerprint density at radius 2 is 2.11 bits per heavy atom. The third-order valence-electron chi connectivity index (χ3n) is 2.32. The van der Waals surface area contributed by atoms with Crippen LogP contribution in [0.5, 0.6) is 5.75 Å². The highest BCUT2D eigenvalue weighted by Crippen LogP contribution is 2.24. The van der Waals surface area contributed by atoms with Crippen molar-refractivity contribution < 1.29 is 10.0 Å². The van der Waals surface area contributed by atoms with Crippen molar-refractivity contribution in [1.29, 1.82) is 0 Å². The first-order chi connectivity index (χ1) is 9.06. The van der Waals surface area contributed by atoms with Gasteiger partial charge in [-0.3, -0.25) is 14.9 Å². The minimum absolute atomic E-state index is 0.0836. The number of hydrogen-bond acceptors (Lipinski definition) is 5. The van der Waals surface area contributed by atoms with Crippen molar-refractivity contribution in [3.05, 3.63) is 62.3 Å². The van der Waals surface area contributed by atoms with Gasteiger partial charge in [0.2, 0.25) is 0 Å². The van der Waals surface area contributed by atoms with Gasteiger partial charge in [0, 0.05) is 18.3 Å². The van der Waals surface area contributed by atoms with E-state index >= 15 is 0 Å². The third-order valence-corrected chi connectivity index (χ3v) is 2.32. The van der Waals surface area contributed by atoms with Crippen LogP contribution in [0.1, 0.15) is 11.4 Å². The molecule has 1 heterocycles. The SMILES string of the molecule is O=c1ccnc(C=Cc2cc(O)ccc2[N+](=O)[O-])[nH]1. The molecule has 96 valence electrons. The molecule has 0 aliphatic rings. The van der Waals surface area contributed by atoms with Crippen LogP contribution >= 0.6 is 0 Å². The summed E-state index contributed by atoms with van der Waals surface area (Å²) in [6, 6.07) is 4.96. The lowest BCUT2D eigenvalue weighted by Crippen LogP contribution is -2.05. The maximum Gasteiger partial charge on any atom is 0.276 e. The van der Waals surface area contributed by atoms with Crippen LogP contribution in [0.2, 0.25) is 0 Å². The number of nitro benzene ring substituents is 1. The van der Waals surface area contributed by atoms with Gasteiger partial charge in [0.15, 0.2) is 0 Å². The maximum atomic E-state index is 11.1. The maximum absolute atomic E-state index is 11.1. The predicted octanol–water partition coefficient (Wildman–Crippen LogP) is 1.55. The lowest BCUT2D eigenvalue weighted by molar-refractivity contribution is -0.385. The van der Waals surface area contributed by atoms with Crippen LogP contribution in [-0.4, -0.2) is 20.0 Å². The summed E-state index contributed by atoms with van der Waals surface area (Å²) in [5.74, 6) is 0.185. The van der Waals surface area contributed by atoms with E-state index in [1.165, 1.54) is 42.6 Å². The monoisotopic (exact) mass is 259 g/mol. The number of phenolic OH excluding ortho intramolecular Hbond substituents is 1. The summed E-state index contributed by atoms with van der Waals surface area (Å²) >= 11 is 0. The molecule has 0 amide bonds. The van der Waals surface area contributed by atoms with E-state index in [9.17, 15) is 20.0 Å². The molecule has 7 heteroatoms. The van der Waals surface area contributed by atoms with Crippen molar-refractivity contribution in [3.63, 3.8) is 0 Å². The van der Waals surface area contributed by atoms with Crippen molar-refractivity contribution in [1.82, 2.24) is 9.97 Å². The molecule has 0 fully saturated rings. The van der Waals surface area contributed by atoms with Crippen LogP contribution in [0.4, 0.5) is 5.69 Å². The highest BCUT2D eigenvalue weighted by Gasteiger charge is 2.11. The highest BCUT2D eigenvalue weighted by atomic mass is 16.6. The Morgan fingerprint density at radius 3 is 2.79 bits per heavy atom. The fraction of sp³-hybridized carbons (Fsp3) is 0. The molecule has 2 rings (SSSR count). The molecule has 0 saturated carbocycles. The van der Waals surface area contributed by atoms with Gasteiger partial charge in [0.1, 0.15) is 11.6 Å². The van der Waals surface area contributed by atoms with E-state index in [1.807, 2.05) is 0 Å². The van der Waals surface area contributed by atoms with E-state index in [2.05, 4.69) is 9.97 Å². The molecular weight excluding hydrogens is 250 g/mol. The molecule has 0 atom stereocenters. The molecule has 1 aromatic carbocycles. The Kier molecular flexibility index (Phi) is 3.37. The number of H-pyrrole nitrogens is 1. The van der Waals surface area contributed by atoms with Crippen LogP contribution in [0.25, 0.3) is 12.2 Å². The van der Waals surface area contributed by atoms with Gasteiger partial charge in [0.25, 0.3) is 11.2 Å². The molecule has 0 radical (unpaired) electrons. The number of aromatic nitrogens is 2. The summed E-state index contributed by atoms with van der Waals surface area (Å²) in [7, 11) is 0. The van der Waals surface area contributed by atoms with Gasteiger partial charge in [0.05, 0.1) is 10.5 Å². The Morgan fingerprint density at radius 1 is 1.32 bits per heavy atom. The largest absolute Gasteiger partial charge is 0.508 e. The molecule has 0 saturated heterocycles. The Hall–Kier alpha value is -2.96. The van der Waals surface area contributed by atoms with E-state index in [0.29, 0.717) is 0 Å². The van der Waals surface area contributed by atoms with Crippen LogP contribution in [0.15, 0.2) is 35.3 Å². The fourth-order valence-corrected chi connectivity index (χ4v) is 1.48. The molecule has 19 heavy (non-hydrogen) atoms. The summed E-state index contributed by atoms with van der Waals surface area (Å²) in [4.78, 5) is 27.6. The smallest absolute Gasteiger partial charge is 0.276 e. The zero-order valence-corrected chi connectivity index (χ0v) is 9.61. The molecule has 0 unspecified atom stereocenters. The summed E-state index contributed by atoms with van der Waals surface area (Å²) in [5, 5.41) is 20.1. The zero-order valence-electron chi connectivity index (χ0n) is 9.61. The molecular formula is C12H9N3O4. The van der Waals surface area contributed by atoms with E-state index < -0.39 is 4.92 Å². The number of nitrogens with zero attached hydrogens (tertiary/aromatic N) is 2. The number of hydrogen-bond donors (Lipinski definition) is 2. The van der Waals surface area contributed by atoms with E-state index in [0.717, 1.165) is 0 Å². The van der Waals surface area contributed by atoms with E-state index in [4.69, 9.17) is 0 Å². The second-order valence-electron chi connectivity index (χ2n) is 3.65. The number of phenols is 1. The first kappa shape index (κ1) is 12.5. The summed E-state index contributed by atoms with van der Waals surface area (Å²) in [5.41, 5.74) is -0.246. The van der Waals surface area contributed by atoms with Crippen molar-refractivity contribution in [2.24, 2.45) is 0 Å². The average Bonchev–Trinajstić information content (AvgIpc) is 2.36. The molecule has 2 N–H and O–H groups in total. The molecule has 1 aromatic heterocycles. The molecule has 0 aliphatic heterocycles. The van der Waals surface area contributed by atoms with E-state index in [-0.39, 0.29) is 28.4 Å². The minimum atomic E-state index is -0.555. The zero-order chi connectivity index (χ0) is 13.8. The van der Waals surface area contributed by atoms with Crippen molar-refractivity contribution in [3.8, 4) is 5.75 Å². The van der Waals surface area contributed by atoms with Gasteiger partial charge in [-0.15, -0.1) is 0 Å². The van der Waals surface area contributed by atoms with Crippen molar-refractivity contribution in [2.75, 3.05) is 0 Å². The predicted molar refractivity (Wildman–Crippen MR) is 68.5 cm³/mol. The normalized spacial score (nSPS) is 10.7. The van der Waals surface area contributed by atoms with Gasteiger partial charge < -0.3 is 10.1 Å². The van der Waals surface area contributed by atoms with Gasteiger partial charge in [-0.1, -0.05) is 0 Å². The third kappa shape index (κ3) is 3.03. The standard InChI is InChI=1S/C12H9N3O4/c16-9-2-3-10(15(18)19)8(7-9)1-4-11-13-6-5-12(17)14-11/h1-7,16H,(H,13,14,17). The lowest BCUT2D eigenvalue weighted by atomic mass is 10.1. The summed E-state index contributed by atoms with van der Waals surface area (Å²) < 4.78 is 0. The minimum Gasteiger partial charge on any atom is -0.508 e. The molecule has 0 aliphatic carbocycles. The van der Waals surface area contributed by atoms with Crippen molar-refractivity contribution in [2.45, 2.75) is 0 Å². The summed E-state index contributed by atoms with van der Waals surface area (Å²) in [6.45, 7) is 0. The summed E-state index contributed by atoms with van der Waals surface area (Å²) in [6.07, 6.45) is 4.15. The second kappa shape index (κ2) is 5.13. The van der Waals surface area contributed by atoms with Gasteiger partial charge in [-0.25, -0.2) is 4.98 Å². The number of aromatic amines is 1. The number of nitrogens with one attached hydrogen (secondary N) is 1. The van der Waals surface area contributed by atoms with Gasteiger partial charge >= 0.3 is 0 Å². The topological polar surface area (TPSA) is 109 Å². The van der Waals surface area contributed by atoms with Crippen LogP contribution in [-0.2, 0) is 0 Å². The van der Waals surface area contributed by atoms with Gasteiger partial charge in [-0.2, -0.15) is 0 Å². The Balaban J connectivity index is 2.40. The second-order valence-corrected chi connectivity index (χ2v) is 3.65. The van der Waals surface area contributed by atoms with Crippen LogP contribution < -0.4 is 5.56 Å². The number of aromatic hydroxyl groups is 1.